The van der Waals surface area contributed by atoms with Crippen LogP contribution in [0.5, 0.6) is 0 Å². The van der Waals surface area contributed by atoms with Crippen molar-refractivity contribution in [2.45, 2.75) is 32.1 Å². The molecule has 1 aromatic heterocycles. The number of hydrogen-bond acceptors (Lipinski definition) is 3. The van der Waals surface area contributed by atoms with Crippen LogP contribution in [0.3, 0.4) is 0 Å². The molecule has 1 aliphatic rings. The molecule has 0 aliphatic heterocycles. The summed E-state index contributed by atoms with van der Waals surface area (Å²) in [4.78, 5) is 15.8. The standard InChI is InChI=1S/C12H17BrN2OS/c13-7-12(4-2-1-3-5-12)8-14-11(16)10-6-17-9-15-10/h6,9H,1-5,7-8H2,(H,14,16). The largest absolute Gasteiger partial charge is 0.350 e. The minimum absolute atomic E-state index is 0.0443. The van der Waals surface area contributed by atoms with Gasteiger partial charge in [-0.15, -0.1) is 11.3 Å². The lowest BCUT2D eigenvalue weighted by molar-refractivity contribution is 0.0917. The topological polar surface area (TPSA) is 42.0 Å². The van der Waals surface area contributed by atoms with Crippen LogP contribution in [0.1, 0.15) is 42.6 Å². The van der Waals surface area contributed by atoms with E-state index < -0.39 is 0 Å². The summed E-state index contributed by atoms with van der Waals surface area (Å²) in [6.07, 6.45) is 6.29. The third-order valence-electron chi connectivity index (χ3n) is 3.49. The van der Waals surface area contributed by atoms with Crippen molar-refractivity contribution in [2.75, 3.05) is 11.9 Å². The summed E-state index contributed by atoms with van der Waals surface area (Å²) in [5.41, 5.74) is 2.48. The van der Waals surface area contributed by atoms with Gasteiger partial charge in [-0.05, 0) is 18.3 Å². The lowest BCUT2D eigenvalue weighted by atomic mass is 9.75. The molecule has 2 rings (SSSR count). The normalized spacial score (nSPS) is 18.9. The highest BCUT2D eigenvalue weighted by Gasteiger charge is 2.31. The Kier molecular flexibility index (Phi) is 4.56. The number of nitrogens with zero attached hydrogens (tertiary/aromatic N) is 1. The Balaban J connectivity index is 1.89. The molecule has 0 atom stereocenters. The van der Waals surface area contributed by atoms with Crippen LogP contribution >= 0.6 is 27.3 Å². The molecular formula is C12H17BrN2OS. The molecular weight excluding hydrogens is 300 g/mol. The Morgan fingerprint density at radius 3 is 2.82 bits per heavy atom. The van der Waals surface area contributed by atoms with Gasteiger partial charge in [0.1, 0.15) is 5.69 Å². The van der Waals surface area contributed by atoms with E-state index in [0.29, 0.717) is 5.69 Å². The van der Waals surface area contributed by atoms with Crippen LogP contribution in [0.4, 0.5) is 0 Å². The van der Waals surface area contributed by atoms with Crippen molar-refractivity contribution in [3.8, 4) is 0 Å². The van der Waals surface area contributed by atoms with Crippen LogP contribution < -0.4 is 5.32 Å². The van der Waals surface area contributed by atoms with E-state index in [1.807, 2.05) is 0 Å². The van der Waals surface area contributed by atoms with Crippen LogP contribution in [0, 0.1) is 5.41 Å². The molecule has 1 aromatic rings. The lowest BCUT2D eigenvalue weighted by Crippen LogP contribution is -2.40. The minimum Gasteiger partial charge on any atom is -0.350 e. The number of thiazole rings is 1. The highest BCUT2D eigenvalue weighted by atomic mass is 79.9. The van der Waals surface area contributed by atoms with Crippen molar-refractivity contribution in [1.82, 2.24) is 10.3 Å². The second-order valence-corrected chi connectivity index (χ2v) is 6.03. The Morgan fingerprint density at radius 2 is 2.24 bits per heavy atom. The molecule has 1 amide bonds. The number of halogens is 1. The van der Waals surface area contributed by atoms with Crippen LogP contribution in [0.2, 0.25) is 0 Å². The molecule has 17 heavy (non-hydrogen) atoms. The quantitative estimate of drug-likeness (QED) is 0.867. The SMILES string of the molecule is O=C(NCC1(CBr)CCCCC1)c1cscn1. The first-order chi connectivity index (χ1) is 8.26. The summed E-state index contributed by atoms with van der Waals surface area (Å²) in [5.74, 6) is -0.0443. The van der Waals surface area contributed by atoms with Gasteiger partial charge in [-0.25, -0.2) is 4.98 Å². The second-order valence-electron chi connectivity index (χ2n) is 4.75. The van der Waals surface area contributed by atoms with Crippen LogP contribution in [-0.2, 0) is 0 Å². The van der Waals surface area contributed by atoms with E-state index >= 15 is 0 Å². The van der Waals surface area contributed by atoms with E-state index in [2.05, 4.69) is 26.2 Å². The summed E-state index contributed by atoms with van der Waals surface area (Å²) in [5, 5.41) is 5.78. The second kappa shape index (κ2) is 5.96. The number of alkyl halides is 1. The summed E-state index contributed by atoms with van der Waals surface area (Å²) in [6, 6.07) is 0. The first-order valence-corrected chi connectivity index (χ1v) is 8.05. The molecule has 1 aliphatic carbocycles. The Bertz CT molecular complexity index is 361. The van der Waals surface area contributed by atoms with Crippen molar-refractivity contribution in [1.29, 1.82) is 0 Å². The third kappa shape index (κ3) is 3.28. The van der Waals surface area contributed by atoms with Crippen molar-refractivity contribution in [3.63, 3.8) is 0 Å². The van der Waals surface area contributed by atoms with E-state index in [0.717, 1.165) is 11.9 Å². The Hall–Kier alpha value is -0.420. The summed E-state index contributed by atoms with van der Waals surface area (Å²) in [6.45, 7) is 0.759. The zero-order valence-electron chi connectivity index (χ0n) is 9.75. The number of amides is 1. The predicted molar refractivity (Wildman–Crippen MR) is 73.8 cm³/mol. The van der Waals surface area contributed by atoms with Gasteiger partial charge in [0.2, 0.25) is 0 Å². The predicted octanol–water partition coefficient (Wildman–Crippen LogP) is 3.22. The monoisotopic (exact) mass is 316 g/mol. The maximum absolute atomic E-state index is 11.8. The fourth-order valence-corrected chi connectivity index (χ4v) is 3.63. The van der Waals surface area contributed by atoms with Crippen LogP contribution in [0.25, 0.3) is 0 Å². The van der Waals surface area contributed by atoms with Gasteiger partial charge in [0.15, 0.2) is 0 Å². The van der Waals surface area contributed by atoms with Gasteiger partial charge in [-0.3, -0.25) is 4.79 Å². The lowest BCUT2D eigenvalue weighted by Gasteiger charge is -2.35. The number of rotatable bonds is 4. The Morgan fingerprint density at radius 1 is 1.47 bits per heavy atom. The molecule has 1 N–H and O–H groups in total. The molecule has 3 nitrogen and oxygen atoms in total. The fraction of sp³-hybridized carbons (Fsp3) is 0.667. The van der Waals surface area contributed by atoms with Crippen molar-refractivity contribution in [2.24, 2.45) is 5.41 Å². The minimum atomic E-state index is -0.0443. The zero-order valence-corrected chi connectivity index (χ0v) is 12.1. The van der Waals surface area contributed by atoms with Crippen molar-refractivity contribution < 1.29 is 4.79 Å². The van der Waals surface area contributed by atoms with E-state index in [4.69, 9.17) is 0 Å². The third-order valence-corrected chi connectivity index (χ3v) is 5.26. The smallest absolute Gasteiger partial charge is 0.270 e. The first-order valence-electron chi connectivity index (χ1n) is 5.98. The number of nitrogens with one attached hydrogen (secondary N) is 1. The molecule has 0 spiro atoms. The first kappa shape index (κ1) is 13.0. The molecule has 1 saturated carbocycles. The van der Waals surface area contributed by atoms with Crippen LogP contribution in [0.15, 0.2) is 10.9 Å². The highest BCUT2D eigenvalue weighted by Crippen LogP contribution is 2.37. The molecule has 0 saturated heterocycles. The van der Waals surface area contributed by atoms with Gasteiger partial charge in [-0.2, -0.15) is 0 Å². The molecule has 1 fully saturated rings. The summed E-state index contributed by atoms with van der Waals surface area (Å²) >= 11 is 5.06. The van der Waals surface area contributed by atoms with Gasteiger partial charge in [0.25, 0.3) is 5.91 Å². The zero-order chi connectivity index (χ0) is 12.1. The maximum Gasteiger partial charge on any atom is 0.270 e. The van der Waals surface area contributed by atoms with E-state index in [1.54, 1.807) is 10.9 Å². The molecule has 94 valence electrons. The number of aromatic nitrogens is 1. The molecule has 0 bridgehead atoms. The van der Waals surface area contributed by atoms with Gasteiger partial charge < -0.3 is 5.32 Å². The van der Waals surface area contributed by atoms with Crippen LogP contribution in [-0.4, -0.2) is 22.8 Å². The average Bonchev–Trinajstić information content (AvgIpc) is 2.91. The fourth-order valence-electron chi connectivity index (χ4n) is 2.34. The van der Waals surface area contributed by atoms with Gasteiger partial charge >= 0.3 is 0 Å². The number of hydrogen-bond donors (Lipinski definition) is 1. The number of carbonyl (C=O) groups excluding carboxylic acids is 1. The summed E-state index contributed by atoms with van der Waals surface area (Å²) in [7, 11) is 0. The van der Waals surface area contributed by atoms with E-state index in [1.165, 1.54) is 43.4 Å². The number of carbonyl (C=O) groups is 1. The molecule has 5 heteroatoms. The average molecular weight is 317 g/mol. The van der Waals surface area contributed by atoms with Gasteiger partial charge in [0, 0.05) is 17.3 Å². The summed E-state index contributed by atoms with van der Waals surface area (Å²) < 4.78 is 0. The van der Waals surface area contributed by atoms with Gasteiger partial charge in [-0.1, -0.05) is 35.2 Å². The molecule has 1 heterocycles. The molecule has 0 aromatic carbocycles. The van der Waals surface area contributed by atoms with Crippen molar-refractivity contribution in [3.05, 3.63) is 16.6 Å². The van der Waals surface area contributed by atoms with E-state index in [9.17, 15) is 4.79 Å². The molecule has 0 radical (unpaired) electrons. The Labute approximate surface area is 114 Å². The highest BCUT2D eigenvalue weighted by molar-refractivity contribution is 9.09. The van der Waals surface area contributed by atoms with Gasteiger partial charge in [0.05, 0.1) is 5.51 Å². The van der Waals surface area contributed by atoms with E-state index in [-0.39, 0.29) is 11.3 Å². The molecule has 0 unspecified atom stereocenters. The van der Waals surface area contributed by atoms with Crippen molar-refractivity contribution >= 4 is 33.2 Å². The maximum atomic E-state index is 11.8.